The molecule has 1 aromatic carbocycles. The third kappa shape index (κ3) is 2.77. The number of fused-ring (bicyclic) bond motifs is 1. The molecule has 0 radical (unpaired) electrons. The van der Waals surface area contributed by atoms with E-state index in [-0.39, 0.29) is 17.2 Å². The lowest BCUT2D eigenvalue weighted by atomic mass is 10.1. The number of hydrogen-bond acceptors (Lipinski definition) is 6. The fourth-order valence-electron chi connectivity index (χ4n) is 3.90. The molecule has 1 aliphatic heterocycles. The molecule has 0 bridgehead atoms. The van der Waals surface area contributed by atoms with E-state index in [1.807, 2.05) is 6.92 Å². The second-order valence-electron chi connectivity index (χ2n) is 7.32. The Bertz CT molecular complexity index is 1020. The number of aromatic hydroxyl groups is 2. The first kappa shape index (κ1) is 18.5. The first-order valence-corrected chi connectivity index (χ1v) is 9.38. The number of aromatic carboxylic acids is 1. The number of nitrogens with zero attached hydrogens (tertiary/aromatic N) is 3. The molecule has 4 rings (SSSR count). The van der Waals surface area contributed by atoms with Crippen LogP contribution in [0.4, 0.5) is 10.1 Å². The highest BCUT2D eigenvalue weighted by molar-refractivity contribution is 6.00. The van der Waals surface area contributed by atoms with Gasteiger partial charge in [-0.3, -0.25) is 4.79 Å². The van der Waals surface area contributed by atoms with Crippen molar-refractivity contribution in [2.75, 3.05) is 37.6 Å². The Morgan fingerprint density at radius 3 is 2.36 bits per heavy atom. The third-order valence-electron chi connectivity index (χ3n) is 5.64. The smallest absolute Gasteiger partial charge is 0.341 e. The monoisotopic (exact) mass is 391 g/mol. The molecular formula is C19H22FN3O5. The molecule has 150 valence electrons. The van der Waals surface area contributed by atoms with Gasteiger partial charge < -0.3 is 29.7 Å². The second-order valence-corrected chi connectivity index (χ2v) is 7.32. The average molecular weight is 391 g/mol. The number of carboxylic acid groups (broad SMARTS) is 1. The Morgan fingerprint density at radius 2 is 1.82 bits per heavy atom. The van der Waals surface area contributed by atoms with E-state index in [9.17, 15) is 24.9 Å². The van der Waals surface area contributed by atoms with Crippen molar-refractivity contribution in [1.82, 2.24) is 9.47 Å². The SMILES string of the molecule is CCN1CCN(c2c(F)c(O)c3c(=O)c(C(=O)O)cn(C4CC4)c3c2O)CC1. The summed E-state index contributed by atoms with van der Waals surface area (Å²) in [6.07, 6.45) is 2.68. The minimum atomic E-state index is -1.46. The number of likely N-dealkylation sites (N-methyl/N-ethyl adjacent to an activating group) is 1. The molecule has 2 aliphatic rings. The van der Waals surface area contributed by atoms with Gasteiger partial charge in [0.15, 0.2) is 17.3 Å². The summed E-state index contributed by atoms with van der Waals surface area (Å²) in [5.41, 5.74) is -1.71. The van der Waals surface area contributed by atoms with Gasteiger partial charge in [-0.2, -0.15) is 0 Å². The Hall–Kier alpha value is -2.81. The molecule has 2 fully saturated rings. The maximum absolute atomic E-state index is 15.1. The number of phenols is 2. The third-order valence-corrected chi connectivity index (χ3v) is 5.64. The van der Waals surface area contributed by atoms with E-state index >= 15 is 4.39 Å². The number of phenolic OH excluding ortho intramolecular Hbond substituents is 2. The van der Waals surface area contributed by atoms with Crippen molar-refractivity contribution in [3.05, 3.63) is 27.8 Å². The lowest BCUT2D eigenvalue weighted by Gasteiger charge is -2.36. The number of pyridine rings is 1. The quantitative estimate of drug-likeness (QED) is 0.682. The van der Waals surface area contributed by atoms with Gasteiger partial charge in [-0.15, -0.1) is 0 Å². The Balaban J connectivity index is 1.97. The fourth-order valence-corrected chi connectivity index (χ4v) is 3.90. The number of rotatable bonds is 4. The van der Waals surface area contributed by atoms with E-state index < -0.39 is 39.7 Å². The second kappa shape index (κ2) is 6.66. The molecule has 1 saturated heterocycles. The molecule has 0 amide bonds. The van der Waals surface area contributed by atoms with Crippen LogP contribution in [0.25, 0.3) is 10.9 Å². The zero-order chi connectivity index (χ0) is 20.2. The molecular weight excluding hydrogens is 369 g/mol. The molecule has 2 aromatic rings. The van der Waals surface area contributed by atoms with Gasteiger partial charge in [0.25, 0.3) is 0 Å². The van der Waals surface area contributed by atoms with Crippen molar-refractivity contribution in [2.45, 2.75) is 25.8 Å². The normalized spacial score (nSPS) is 18.0. The van der Waals surface area contributed by atoms with E-state index in [1.54, 1.807) is 4.90 Å². The van der Waals surface area contributed by atoms with Crippen LogP contribution in [0.15, 0.2) is 11.0 Å². The maximum atomic E-state index is 15.1. The van der Waals surface area contributed by atoms with Crippen LogP contribution in [-0.4, -0.2) is 63.5 Å². The lowest BCUT2D eigenvalue weighted by Crippen LogP contribution is -2.46. The Morgan fingerprint density at radius 1 is 1.18 bits per heavy atom. The summed E-state index contributed by atoms with van der Waals surface area (Å²) >= 11 is 0. The number of benzene rings is 1. The zero-order valence-electron chi connectivity index (χ0n) is 15.5. The number of piperazine rings is 1. The number of halogens is 1. The number of anilines is 1. The summed E-state index contributed by atoms with van der Waals surface area (Å²) in [6, 6.07) is -0.0956. The van der Waals surface area contributed by atoms with Gasteiger partial charge in [-0.25, -0.2) is 9.18 Å². The van der Waals surface area contributed by atoms with Crippen LogP contribution in [-0.2, 0) is 0 Å². The maximum Gasteiger partial charge on any atom is 0.341 e. The van der Waals surface area contributed by atoms with E-state index in [4.69, 9.17) is 0 Å². The lowest BCUT2D eigenvalue weighted by molar-refractivity contribution is 0.0695. The standard InChI is InChI=1S/C19H22FN3O5/c1-2-21-5-7-22(8-6-21)15-13(20)17(25)12-14(18(15)26)23(10-3-4-10)9-11(16(12)24)19(27)28/h9-10,25-26H,2-8H2,1H3,(H,27,28). The summed E-state index contributed by atoms with van der Waals surface area (Å²) in [5.74, 6) is -3.91. The summed E-state index contributed by atoms with van der Waals surface area (Å²) in [4.78, 5) is 27.9. The molecule has 0 spiro atoms. The van der Waals surface area contributed by atoms with Crippen molar-refractivity contribution in [3.8, 4) is 11.5 Å². The predicted octanol–water partition coefficient (Wildman–Crippen LogP) is 1.73. The molecule has 1 aliphatic carbocycles. The Labute approximate surface area is 160 Å². The topological polar surface area (TPSA) is 106 Å². The van der Waals surface area contributed by atoms with E-state index in [2.05, 4.69) is 4.90 Å². The van der Waals surface area contributed by atoms with Crippen LogP contribution in [0.2, 0.25) is 0 Å². The van der Waals surface area contributed by atoms with Gasteiger partial charge in [0, 0.05) is 38.4 Å². The van der Waals surface area contributed by atoms with Crippen LogP contribution in [0.5, 0.6) is 11.5 Å². The average Bonchev–Trinajstić information content (AvgIpc) is 3.51. The van der Waals surface area contributed by atoms with Crippen molar-refractivity contribution in [2.24, 2.45) is 0 Å². The van der Waals surface area contributed by atoms with Gasteiger partial charge in [0.2, 0.25) is 5.43 Å². The highest BCUT2D eigenvalue weighted by Gasteiger charge is 2.33. The minimum absolute atomic E-state index is 0.00989. The van der Waals surface area contributed by atoms with Crippen LogP contribution in [0.1, 0.15) is 36.2 Å². The molecule has 2 heterocycles. The van der Waals surface area contributed by atoms with E-state index in [1.165, 1.54) is 10.8 Å². The predicted molar refractivity (Wildman–Crippen MR) is 101 cm³/mol. The Kier molecular flexibility index (Phi) is 4.41. The summed E-state index contributed by atoms with van der Waals surface area (Å²) in [7, 11) is 0. The summed E-state index contributed by atoms with van der Waals surface area (Å²) in [6.45, 7) is 5.19. The summed E-state index contributed by atoms with van der Waals surface area (Å²) in [5, 5.41) is 30.2. The number of carboxylic acids is 1. The fraction of sp³-hybridized carbons (Fsp3) is 0.474. The van der Waals surface area contributed by atoms with E-state index in [0.29, 0.717) is 26.2 Å². The van der Waals surface area contributed by atoms with E-state index in [0.717, 1.165) is 19.4 Å². The van der Waals surface area contributed by atoms with Crippen LogP contribution in [0.3, 0.4) is 0 Å². The summed E-state index contributed by atoms with van der Waals surface area (Å²) < 4.78 is 16.5. The first-order chi connectivity index (χ1) is 13.3. The first-order valence-electron chi connectivity index (χ1n) is 9.38. The van der Waals surface area contributed by atoms with Crippen LogP contribution >= 0.6 is 0 Å². The highest BCUT2D eigenvalue weighted by atomic mass is 19.1. The number of carbonyl (C=O) groups is 1. The van der Waals surface area contributed by atoms with Gasteiger partial charge in [0.1, 0.15) is 16.8 Å². The number of hydrogen-bond donors (Lipinski definition) is 3. The van der Waals surface area contributed by atoms with Gasteiger partial charge >= 0.3 is 5.97 Å². The van der Waals surface area contributed by atoms with Gasteiger partial charge in [-0.05, 0) is 19.4 Å². The molecule has 0 unspecified atom stereocenters. The van der Waals surface area contributed by atoms with Crippen LogP contribution in [0, 0.1) is 5.82 Å². The largest absolute Gasteiger partial charge is 0.504 e. The minimum Gasteiger partial charge on any atom is -0.504 e. The zero-order valence-corrected chi connectivity index (χ0v) is 15.5. The molecule has 28 heavy (non-hydrogen) atoms. The molecule has 1 saturated carbocycles. The number of aromatic nitrogens is 1. The van der Waals surface area contributed by atoms with Crippen LogP contribution < -0.4 is 10.3 Å². The van der Waals surface area contributed by atoms with Gasteiger partial charge in [-0.1, -0.05) is 6.92 Å². The van der Waals surface area contributed by atoms with Crippen molar-refractivity contribution >= 4 is 22.6 Å². The molecule has 0 atom stereocenters. The highest BCUT2D eigenvalue weighted by Crippen LogP contribution is 2.46. The molecule has 8 nitrogen and oxygen atoms in total. The van der Waals surface area contributed by atoms with Crippen molar-refractivity contribution in [1.29, 1.82) is 0 Å². The van der Waals surface area contributed by atoms with Crippen molar-refractivity contribution < 1.29 is 24.5 Å². The molecule has 3 N–H and O–H groups in total. The van der Waals surface area contributed by atoms with Crippen molar-refractivity contribution in [3.63, 3.8) is 0 Å². The van der Waals surface area contributed by atoms with Gasteiger partial charge in [0.05, 0.1) is 5.39 Å². The molecule has 9 heteroatoms. The molecule has 1 aromatic heterocycles.